The molecule has 2 aromatic carbocycles. The van der Waals surface area contributed by atoms with E-state index in [1.807, 2.05) is 68.4 Å². The standard InChI is InChI=1S/C21H23ClN4O/c1-15(2)27-19-9-7-18(8-10-19)25-21-24-14-12-20(26-21)23-13-11-16-3-5-17(22)6-4-16/h3-10,12,14-15H,11,13H2,1-2H3,(H2,23,24,25,26). The van der Waals surface area contributed by atoms with E-state index in [1.165, 1.54) is 5.56 Å². The summed E-state index contributed by atoms with van der Waals surface area (Å²) in [7, 11) is 0. The molecule has 0 saturated heterocycles. The van der Waals surface area contributed by atoms with Crippen molar-refractivity contribution in [3.8, 4) is 5.75 Å². The van der Waals surface area contributed by atoms with Gasteiger partial charge < -0.3 is 15.4 Å². The predicted molar refractivity (Wildman–Crippen MR) is 111 cm³/mol. The van der Waals surface area contributed by atoms with Gasteiger partial charge in [-0.15, -0.1) is 0 Å². The minimum atomic E-state index is 0.155. The molecule has 0 bridgehead atoms. The third-order valence-corrected chi connectivity index (χ3v) is 4.02. The molecule has 0 atom stereocenters. The summed E-state index contributed by atoms with van der Waals surface area (Å²) in [6, 6.07) is 17.5. The van der Waals surface area contributed by atoms with E-state index in [0.717, 1.165) is 35.2 Å². The number of benzene rings is 2. The third kappa shape index (κ3) is 6.15. The van der Waals surface area contributed by atoms with Gasteiger partial charge in [-0.2, -0.15) is 4.98 Å². The molecule has 1 aromatic heterocycles. The Hall–Kier alpha value is -2.79. The number of nitrogens with one attached hydrogen (secondary N) is 2. The number of rotatable bonds is 8. The van der Waals surface area contributed by atoms with Gasteiger partial charge >= 0.3 is 0 Å². The van der Waals surface area contributed by atoms with Crippen LogP contribution in [0, 0.1) is 0 Å². The van der Waals surface area contributed by atoms with Crippen LogP contribution in [0.5, 0.6) is 5.75 Å². The van der Waals surface area contributed by atoms with Crippen LogP contribution in [0.15, 0.2) is 60.8 Å². The largest absolute Gasteiger partial charge is 0.491 e. The average Bonchev–Trinajstić information content (AvgIpc) is 2.65. The molecule has 1 heterocycles. The van der Waals surface area contributed by atoms with Crippen molar-refractivity contribution in [3.05, 3.63) is 71.4 Å². The lowest BCUT2D eigenvalue weighted by molar-refractivity contribution is 0.242. The van der Waals surface area contributed by atoms with Crippen molar-refractivity contribution < 1.29 is 4.74 Å². The van der Waals surface area contributed by atoms with Gasteiger partial charge in [0.2, 0.25) is 5.95 Å². The third-order valence-electron chi connectivity index (χ3n) is 3.77. The van der Waals surface area contributed by atoms with Crippen molar-refractivity contribution in [3.63, 3.8) is 0 Å². The Balaban J connectivity index is 1.54. The zero-order valence-corrected chi connectivity index (χ0v) is 16.2. The van der Waals surface area contributed by atoms with Crippen LogP contribution in [0.4, 0.5) is 17.5 Å². The lowest BCUT2D eigenvalue weighted by atomic mass is 10.1. The minimum Gasteiger partial charge on any atom is -0.491 e. The highest BCUT2D eigenvalue weighted by molar-refractivity contribution is 6.30. The first-order valence-electron chi connectivity index (χ1n) is 8.93. The van der Waals surface area contributed by atoms with Crippen molar-refractivity contribution in [2.24, 2.45) is 0 Å². The van der Waals surface area contributed by atoms with Gasteiger partial charge in [0.05, 0.1) is 6.10 Å². The second-order valence-corrected chi connectivity index (χ2v) is 6.82. The van der Waals surface area contributed by atoms with Crippen molar-refractivity contribution in [2.75, 3.05) is 17.2 Å². The molecule has 0 unspecified atom stereocenters. The van der Waals surface area contributed by atoms with Crippen LogP contribution in [-0.4, -0.2) is 22.6 Å². The summed E-state index contributed by atoms with van der Waals surface area (Å²) in [5.74, 6) is 2.17. The minimum absolute atomic E-state index is 0.155. The molecule has 0 fully saturated rings. The first-order chi connectivity index (χ1) is 13.1. The van der Waals surface area contributed by atoms with Crippen LogP contribution in [-0.2, 0) is 6.42 Å². The fourth-order valence-corrected chi connectivity index (χ4v) is 2.65. The number of aromatic nitrogens is 2. The molecule has 0 saturated carbocycles. The Labute approximate surface area is 164 Å². The highest BCUT2D eigenvalue weighted by Crippen LogP contribution is 2.19. The Morgan fingerprint density at radius 3 is 2.44 bits per heavy atom. The van der Waals surface area contributed by atoms with Gasteiger partial charge in [0, 0.05) is 23.5 Å². The SMILES string of the molecule is CC(C)Oc1ccc(Nc2nccc(NCCc3ccc(Cl)cc3)n2)cc1. The monoisotopic (exact) mass is 382 g/mol. The molecular weight excluding hydrogens is 360 g/mol. The maximum atomic E-state index is 5.91. The molecule has 3 rings (SSSR count). The number of halogens is 1. The van der Waals surface area contributed by atoms with Gasteiger partial charge in [-0.25, -0.2) is 4.98 Å². The zero-order valence-electron chi connectivity index (χ0n) is 15.4. The quantitative estimate of drug-likeness (QED) is 0.552. The van der Waals surface area contributed by atoms with Gasteiger partial charge in [-0.05, 0) is 68.3 Å². The van der Waals surface area contributed by atoms with E-state index >= 15 is 0 Å². The summed E-state index contributed by atoms with van der Waals surface area (Å²) in [6.07, 6.45) is 2.78. The van der Waals surface area contributed by atoms with E-state index in [2.05, 4.69) is 20.6 Å². The molecule has 27 heavy (non-hydrogen) atoms. The summed E-state index contributed by atoms with van der Waals surface area (Å²) >= 11 is 5.91. The second kappa shape index (κ2) is 9.24. The number of hydrogen-bond acceptors (Lipinski definition) is 5. The van der Waals surface area contributed by atoms with Crippen molar-refractivity contribution >= 4 is 29.1 Å². The lowest BCUT2D eigenvalue weighted by Gasteiger charge is -2.11. The lowest BCUT2D eigenvalue weighted by Crippen LogP contribution is -2.08. The van der Waals surface area contributed by atoms with Crippen LogP contribution < -0.4 is 15.4 Å². The molecule has 0 aliphatic carbocycles. The highest BCUT2D eigenvalue weighted by Gasteiger charge is 2.02. The maximum Gasteiger partial charge on any atom is 0.229 e. The number of nitrogens with zero attached hydrogens (tertiary/aromatic N) is 2. The molecule has 2 N–H and O–H groups in total. The molecule has 6 heteroatoms. The van der Waals surface area contributed by atoms with Crippen LogP contribution in [0.2, 0.25) is 5.02 Å². The number of anilines is 3. The van der Waals surface area contributed by atoms with Crippen molar-refractivity contribution in [1.82, 2.24) is 9.97 Å². The molecule has 0 aliphatic rings. The average molecular weight is 383 g/mol. The van der Waals surface area contributed by atoms with Gasteiger partial charge in [-0.1, -0.05) is 23.7 Å². The van der Waals surface area contributed by atoms with E-state index in [9.17, 15) is 0 Å². The van der Waals surface area contributed by atoms with Gasteiger partial charge in [0.15, 0.2) is 0 Å². The Bertz CT molecular complexity index is 851. The molecule has 5 nitrogen and oxygen atoms in total. The normalized spacial score (nSPS) is 10.7. The summed E-state index contributed by atoms with van der Waals surface area (Å²) < 4.78 is 5.65. The van der Waals surface area contributed by atoms with Crippen LogP contribution >= 0.6 is 11.6 Å². The van der Waals surface area contributed by atoms with Gasteiger partial charge in [-0.3, -0.25) is 0 Å². The Morgan fingerprint density at radius 2 is 1.74 bits per heavy atom. The maximum absolute atomic E-state index is 5.91. The smallest absolute Gasteiger partial charge is 0.229 e. The second-order valence-electron chi connectivity index (χ2n) is 6.38. The Morgan fingerprint density at radius 1 is 1.00 bits per heavy atom. The fourth-order valence-electron chi connectivity index (χ4n) is 2.52. The molecule has 0 aliphatic heterocycles. The van der Waals surface area contributed by atoms with E-state index in [4.69, 9.17) is 16.3 Å². The molecular formula is C21H23ClN4O. The molecule has 0 radical (unpaired) electrons. The Kier molecular flexibility index (Phi) is 6.49. The summed E-state index contributed by atoms with van der Waals surface area (Å²) in [4.78, 5) is 8.77. The van der Waals surface area contributed by atoms with Crippen LogP contribution in [0.1, 0.15) is 19.4 Å². The fraction of sp³-hybridized carbons (Fsp3) is 0.238. The first kappa shape index (κ1) is 19.0. The summed E-state index contributed by atoms with van der Waals surface area (Å²) in [5, 5.41) is 7.28. The summed E-state index contributed by atoms with van der Waals surface area (Å²) in [6.45, 7) is 4.79. The van der Waals surface area contributed by atoms with Gasteiger partial charge in [0.1, 0.15) is 11.6 Å². The van der Waals surface area contributed by atoms with E-state index < -0.39 is 0 Å². The molecule has 0 spiro atoms. The highest BCUT2D eigenvalue weighted by atomic mass is 35.5. The van der Waals surface area contributed by atoms with E-state index in [1.54, 1.807) is 6.20 Å². The topological polar surface area (TPSA) is 59.1 Å². The van der Waals surface area contributed by atoms with Crippen molar-refractivity contribution in [2.45, 2.75) is 26.4 Å². The van der Waals surface area contributed by atoms with Gasteiger partial charge in [0.25, 0.3) is 0 Å². The number of ether oxygens (including phenoxy) is 1. The van der Waals surface area contributed by atoms with E-state index in [0.29, 0.717) is 5.95 Å². The van der Waals surface area contributed by atoms with Crippen LogP contribution in [0.25, 0.3) is 0 Å². The first-order valence-corrected chi connectivity index (χ1v) is 9.31. The summed E-state index contributed by atoms with van der Waals surface area (Å²) in [5.41, 5.74) is 2.13. The molecule has 0 amide bonds. The molecule has 3 aromatic rings. The number of hydrogen-bond donors (Lipinski definition) is 2. The molecule has 140 valence electrons. The van der Waals surface area contributed by atoms with Crippen LogP contribution in [0.3, 0.4) is 0 Å². The van der Waals surface area contributed by atoms with Crippen molar-refractivity contribution in [1.29, 1.82) is 0 Å². The zero-order chi connectivity index (χ0) is 19.1. The predicted octanol–water partition coefficient (Wildman–Crippen LogP) is 5.32. The van der Waals surface area contributed by atoms with E-state index in [-0.39, 0.29) is 6.10 Å².